The topological polar surface area (TPSA) is 29.1 Å². The van der Waals surface area contributed by atoms with E-state index >= 15 is 0 Å². The quantitative estimate of drug-likeness (QED) is 0.847. The number of benzene rings is 1. The summed E-state index contributed by atoms with van der Waals surface area (Å²) in [5, 5.41) is 3.11. The minimum absolute atomic E-state index is 0.234. The van der Waals surface area contributed by atoms with Gasteiger partial charge in [-0.1, -0.05) is 25.1 Å². The van der Waals surface area contributed by atoms with Gasteiger partial charge in [-0.2, -0.15) is 0 Å². The lowest BCUT2D eigenvalue weighted by atomic mass is 10.0. The van der Waals surface area contributed by atoms with Crippen LogP contribution in [0.2, 0.25) is 0 Å². The monoisotopic (exact) mass is 229 g/mol. The molecule has 1 amide bonds. The maximum atomic E-state index is 12.1. The van der Waals surface area contributed by atoms with Gasteiger partial charge >= 0.3 is 0 Å². The molecule has 3 rings (SSSR count). The Hall–Kier alpha value is -1.31. The molecule has 0 spiro atoms. The second-order valence-corrected chi connectivity index (χ2v) is 5.42. The van der Waals surface area contributed by atoms with Gasteiger partial charge in [0.05, 0.1) is 0 Å². The van der Waals surface area contributed by atoms with Gasteiger partial charge in [0.2, 0.25) is 5.91 Å². The molecule has 2 aliphatic carbocycles. The van der Waals surface area contributed by atoms with Crippen LogP contribution in [-0.4, -0.2) is 5.91 Å². The van der Waals surface area contributed by atoms with E-state index in [1.807, 2.05) is 18.2 Å². The molecule has 1 N–H and O–H groups in total. The Bertz CT molecular complexity index is 430. The van der Waals surface area contributed by atoms with Gasteiger partial charge in [-0.15, -0.1) is 0 Å². The molecular formula is C15H19NO. The number of rotatable bonds is 3. The third kappa shape index (κ3) is 2.08. The van der Waals surface area contributed by atoms with E-state index in [0.717, 1.165) is 36.8 Å². The number of hydrogen-bond acceptors (Lipinski definition) is 1. The van der Waals surface area contributed by atoms with Gasteiger partial charge in [-0.25, -0.2) is 0 Å². The Morgan fingerprint density at radius 1 is 1.24 bits per heavy atom. The van der Waals surface area contributed by atoms with Gasteiger partial charge in [0.25, 0.3) is 0 Å². The van der Waals surface area contributed by atoms with E-state index in [4.69, 9.17) is 0 Å². The second kappa shape index (κ2) is 4.17. The van der Waals surface area contributed by atoms with Crippen molar-refractivity contribution in [2.24, 2.45) is 17.8 Å². The zero-order chi connectivity index (χ0) is 11.8. The molecule has 17 heavy (non-hydrogen) atoms. The Kier molecular flexibility index (Phi) is 2.65. The van der Waals surface area contributed by atoms with Crippen LogP contribution in [0.15, 0.2) is 24.3 Å². The number of hydrogen-bond donors (Lipinski definition) is 1. The summed E-state index contributed by atoms with van der Waals surface area (Å²) in [6.07, 6.45) is 4.57. The lowest BCUT2D eigenvalue weighted by molar-refractivity contribution is -0.120. The highest BCUT2D eigenvalue weighted by atomic mass is 16.1. The SMILES string of the molecule is CCc1ccccc1NC(=O)C1CC2CC2C1. The Balaban J connectivity index is 1.67. The van der Waals surface area contributed by atoms with Crippen LogP contribution in [0.5, 0.6) is 0 Å². The third-order valence-electron chi connectivity index (χ3n) is 4.27. The fraction of sp³-hybridized carbons (Fsp3) is 0.533. The lowest BCUT2D eigenvalue weighted by Gasteiger charge is -2.14. The van der Waals surface area contributed by atoms with Crippen molar-refractivity contribution in [2.75, 3.05) is 5.32 Å². The molecule has 0 saturated heterocycles. The van der Waals surface area contributed by atoms with Crippen LogP contribution in [0.4, 0.5) is 5.69 Å². The molecule has 2 aliphatic rings. The fourth-order valence-corrected chi connectivity index (χ4v) is 3.11. The average molecular weight is 229 g/mol. The maximum absolute atomic E-state index is 12.1. The number of amides is 1. The molecule has 2 saturated carbocycles. The van der Waals surface area contributed by atoms with Crippen LogP contribution in [0.3, 0.4) is 0 Å². The highest BCUT2D eigenvalue weighted by molar-refractivity contribution is 5.93. The van der Waals surface area contributed by atoms with Crippen molar-refractivity contribution in [3.63, 3.8) is 0 Å². The van der Waals surface area contributed by atoms with Gasteiger partial charge in [0.1, 0.15) is 0 Å². The number of anilines is 1. The van der Waals surface area contributed by atoms with E-state index in [1.165, 1.54) is 12.0 Å². The summed E-state index contributed by atoms with van der Waals surface area (Å²) >= 11 is 0. The summed E-state index contributed by atoms with van der Waals surface area (Å²) in [6, 6.07) is 8.11. The molecule has 0 radical (unpaired) electrons. The van der Waals surface area contributed by atoms with Crippen molar-refractivity contribution < 1.29 is 4.79 Å². The number of carbonyl (C=O) groups is 1. The highest BCUT2D eigenvalue weighted by Gasteiger charge is 2.47. The molecule has 90 valence electrons. The van der Waals surface area contributed by atoms with Crippen molar-refractivity contribution in [2.45, 2.75) is 32.6 Å². The minimum atomic E-state index is 0.234. The van der Waals surface area contributed by atoms with Crippen LogP contribution in [0.25, 0.3) is 0 Å². The molecule has 2 nitrogen and oxygen atoms in total. The van der Waals surface area contributed by atoms with E-state index in [0.29, 0.717) is 0 Å². The molecule has 1 aromatic rings. The van der Waals surface area contributed by atoms with Gasteiger partial charge in [-0.3, -0.25) is 4.79 Å². The normalized spacial score (nSPS) is 29.8. The van der Waals surface area contributed by atoms with Crippen molar-refractivity contribution >= 4 is 11.6 Å². The standard InChI is InChI=1S/C15H19NO/c1-2-10-5-3-4-6-14(10)16-15(17)13-8-11-7-12(11)9-13/h3-6,11-13H,2,7-9H2,1H3,(H,16,17). The molecule has 2 heteroatoms. The number of para-hydroxylation sites is 1. The van der Waals surface area contributed by atoms with Crippen LogP contribution in [0.1, 0.15) is 31.7 Å². The average Bonchev–Trinajstić information content (AvgIpc) is 2.96. The number of nitrogens with one attached hydrogen (secondary N) is 1. The van der Waals surface area contributed by atoms with Crippen LogP contribution in [-0.2, 0) is 11.2 Å². The smallest absolute Gasteiger partial charge is 0.227 e. The van der Waals surface area contributed by atoms with E-state index in [-0.39, 0.29) is 11.8 Å². The second-order valence-electron chi connectivity index (χ2n) is 5.42. The zero-order valence-electron chi connectivity index (χ0n) is 10.3. The van der Waals surface area contributed by atoms with Crippen LogP contribution >= 0.6 is 0 Å². The summed E-state index contributed by atoms with van der Waals surface area (Å²) in [5.41, 5.74) is 2.23. The summed E-state index contributed by atoms with van der Waals surface area (Å²) in [6.45, 7) is 2.12. The van der Waals surface area contributed by atoms with Crippen molar-refractivity contribution in [3.05, 3.63) is 29.8 Å². The maximum Gasteiger partial charge on any atom is 0.227 e. The zero-order valence-corrected chi connectivity index (χ0v) is 10.3. The fourth-order valence-electron chi connectivity index (χ4n) is 3.11. The Morgan fingerprint density at radius 3 is 2.65 bits per heavy atom. The minimum Gasteiger partial charge on any atom is -0.326 e. The van der Waals surface area contributed by atoms with Crippen LogP contribution < -0.4 is 5.32 Å². The van der Waals surface area contributed by atoms with Gasteiger partial charge in [-0.05, 0) is 49.1 Å². The molecule has 0 heterocycles. The van der Waals surface area contributed by atoms with Crippen molar-refractivity contribution in [3.8, 4) is 0 Å². The van der Waals surface area contributed by atoms with E-state index in [9.17, 15) is 4.79 Å². The largest absolute Gasteiger partial charge is 0.326 e. The summed E-state index contributed by atoms with van der Waals surface area (Å²) in [4.78, 5) is 12.1. The van der Waals surface area contributed by atoms with E-state index in [1.54, 1.807) is 0 Å². The summed E-state index contributed by atoms with van der Waals surface area (Å²) < 4.78 is 0. The number of aryl methyl sites for hydroxylation is 1. The van der Waals surface area contributed by atoms with Crippen molar-refractivity contribution in [1.82, 2.24) is 0 Å². The van der Waals surface area contributed by atoms with E-state index < -0.39 is 0 Å². The molecule has 2 atom stereocenters. The first-order valence-corrected chi connectivity index (χ1v) is 6.66. The Morgan fingerprint density at radius 2 is 1.94 bits per heavy atom. The van der Waals surface area contributed by atoms with Crippen LogP contribution in [0, 0.1) is 17.8 Å². The predicted octanol–water partition coefficient (Wildman–Crippen LogP) is 3.23. The van der Waals surface area contributed by atoms with Gasteiger partial charge in [0, 0.05) is 11.6 Å². The first-order valence-electron chi connectivity index (χ1n) is 6.66. The molecule has 2 unspecified atom stereocenters. The molecule has 0 aromatic heterocycles. The first kappa shape index (κ1) is 10.8. The Labute approximate surface area is 102 Å². The summed E-state index contributed by atoms with van der Waals surface area (Å²) in [5.74, 6) is 2.24. The molecule has 0 aliphatic heterocycles. The molecule has 0 bridgehead atoms. The van der Waals surface area contributed by atoms with Crippen molar-refractivity contribution in [1.29, 1.82) is 0 Å². The molecule has 2 fully saturated rings. The molecule has 1 aromatic carbocycles. The highest BCUT2D eigenvalue weighted by Crippen LogP contribution is 2.54. The number of carbonyl (C=O) groups excluding carboxylic acids is 1. The first-order chi connectivity index (χ1) is 8.28. The van der Waals surface area contributed by atoms with E-state index in [2.05, 4.69) is 18.3 Å². The third-order valence-corrected chi connectivity index (χ3v) is 4.27. The van der Waals surface area contributed by atoms with Gasteiger partial charge in [0.15, 0.2) is 0 Å². The lowest BCUT2D eigenvalue weighted by Crippen LogP contribution is -2.22. The van der Waals surface area contributed by atoms with Gasteiger partial charge < -0.3 is 5.32 Å². The molecular weight excluding hydrogens is 210 g/mol. The summed E-state index contributed by atoms with van der Waals surface area (Å²) in [7, 11) is 0. The number of fused-ring (bicyclic) bond motifs is 1. The predicted molar refractivity (Wildman–Crippen MR) is 68.8 cm³/mol.